The maximum Gasteiger partial charge on any atom is 0.257 e. The van der Waals surface area contributed by atoms with Crippen LogP contribution in [0.1, 0.15) is 40.5 Å². The summed E-state index contributed by atoms with van der Waals surface area (Å²) in [5.74, 6) is -1.24. The highest BCUT2D eigenvalue weighted by molar-refractivity contribution is 7.90. The summed E-state index contributed by atoms with van der Waals surface area (Å²) in [6.07, 6.45) is 4.75. The number of sulfone groups is 1. The van der Waals surface area contributed by atoms with Crippen LogP contribution in [0.15, 0.2) is 78.6 Å². The number of aromatic nitrogens is 2. The molecule has 1 aliphatic rings. The third-order valence-electron chi connectivity index (χ3n) is 5.32. The lowest BCUT2D eigenvalue weighted by molar-refractivity contribution is 0.0754. The molecule has 0 aliphatic heterocycles. The zero-order valence-electron chi connectivity index (χ0n) is 17.5. The molecule has 0 saturated heterocycles. The molecule has 2 aromatic carbocycles. The van der Waals surface area contributed by atoms with Crippen LogP contribution < -0.4 is 0 Å². The van der Waals surface area contributed by atoms with E-state index in [-0.39, 0.29) is 35.6 Å². The minimum atomic E-state index is -3.69. The van der Waals surface area contributed by atoms with Crippen molar-refractivity contribution in [1.82, 2.24) is 14.5 Å². The number of carbonyl (C=O) groups excluding carboxylic acids is 1. The fraction of sp³-hybridized carbons (Fsp3) is 0.250. The van der Waals surface area contributed by atoms with Gasteiger partial charge in [0.25, 0.3) is 5.91 Å². The smallest absolute Gasteiger partial charge is 0.257 e. The minimum absolute atomic E-state index is 0.00995. The topological polar surface area (TPSA) is 72.3 Å². The molecule has 3 aromatic rings. The lowest BCUT2D eigenvalue weighted by Crippen LogP contribution is -2.32. The summed E-state index contributed by atoms with van der Waals surface area (Å²) in [5, 5.41) is 0.00995. The first-order valence-electron chi connectivity index (χ1n) is 10.4. The summed E-state index contributed by atoms with van der Waals surface area (Å²) < 4.78 is 42.2. The summed E-state index contributed by atoms with van der Waals surface area (Å²) in [6, 6.07) is 14.8. The second-order valence-electron chi connectivity index (χ2n) is 7.83. The highest BCUT2D eigenvalue weighted by atomic mass is 32.2. The van der Waals surface area contributed by atoms with Gasteiger partial charge in [-0.3, -0.25) is 4.79 Å². The van der Waals surface area contributed by atoms with E-state index in [4.69, 9.17) is 0 Å². The Labute approximate surface area is 186 Å². The minimum Gasteiger partial charge on any atom is -0.329 e. The highest BCUT2D eigenvalue weighted by Crippen LogP contribution is 2.39. The standard InChI is InChI=1S/C24H24FN3O3S/c1-2-14-27(23(29)21-10-6-7-11-22(21)25)16-20-15-26-24(28(20)19-12-13-19)32(30,31)17-18-8-4-3-5-9-18/h2-11,15,19H,1,12-14,16-17H2. The summed E-state index contributed by atoms with van der Waals surface area (Å²) in [5.41, 5.74) is 1.25. The van der Waals surface area contributed by atoms with Crippen molar-refractivity contribution >= 4 is 15.7 Å². The summed E-state index contributed by atoms with van der Waals surface area (Å²) >= 11 is 0. The Kier molecular flexibility index (Phi) is 6.23. The van der Waals surface area contributed by atoms with Crippen LogP contribution in [0.25, 0.3) is 0 Å². The molecule has 0 N–H and O–H groups in total. The number of imidazole rings is 1. The number of nitrogens with zero attached hydrogens (tertiary/aromatic N) is 3. The molecule has 0 unspecified atom stereocenters. The molecule has 1 amide bonds. The molecule has 8 heteroatoms. The van der Waals surface area contributed by atoms with E-state index < -0.39 is 21.6 Å². The zero-order chi connectivity index (χ0) is 22.7. The van der Waals surface area contributed by atoms with Gasteiger partial charge in [0.2, 0.25) is 15.0 Å². The normalized spacial score (nSPS) is 13.7. The summed E-state index contributed by atoms with van der Waals surface area (Å²) in [6.45, 7) is 3.99. The monoisotopic (exact) mass is 453 g/mol. The van der Waals surface area contributed by atoms with Gasteiger partial charge in [0.05, 0.1) is 29.8 Å². The fourth-order valence-corrected chi connectivity index (χ4v) is 5.22. The van der Waals surface area contributed by atoms with Gasteiger partial charge in [-0.25, -0.2) is 17.8 Å². The molecule has 0 atom stereocenters. The Morgan fingerprint density at radius 2 is 1.84 bits per heavy atom. The molecule has 0 bridgehead atoms. The van der Waals surface area contributed by atoms with Gasteiger partial charge in [-0.05, 0) is 30.5 Å². The second-order valence-corrected chi connectivity index (χ2v) is 9.72. The Balaban J connectivity index is 1.65. The van der Waals surface area contributed by atoms with Crippen LogP contribution in [-0.2, 0) is 22.1 Å². The molecule has 1 saturated carbocycles. The predicted octanol–water partition coefficient (Wildman–Crippen LogP) is 4.16. The molecule has 1 fully saturated rings. The van der Waals surface area contributed by atoms with Crippen LogP contribution in [-0.4, -0.2) is 35.3 Å². The predicted molar refractivity (Wildman–Crippen MR) is 119 cm³/mol. The Hall–Kier alpha value is -3.26. The maximum atomic E-state index is 14.2. The van der Waals surface area contributed by atoms with Gasteiger partial charge in [-0.1, -0.05) is 48.5 Å². The second kappa shape index (κ2) is 9.08. The molecular formula is C24H24FN3O3S. The Morgan fingerprint density at radius 1 is 1.16 bits per heavy atom. The molecule has 0 radical (unpaired) electrons. The number of amides is 1. The number of hydrogen-bond acceptors (Lipinski definition) is 4. The van der Waals surface area contributed by atoms with E-state index in [9.17, 15) is 17.6 Å². The molecule has 0 spiro atoms. The molecular weight excluding hydrogens is 429 g/mol. The van der Waals surface area contributed by atoms with Gasteiger partial charge < -0.3 is 9.47 Å². The van der Waals surface area contributed by atoms with Gasteiger partial charge in [0, 0.05) is 12.6 Å². The SMILES string of the molecule is C=CCN(Cc1cnc(S(=O)(=O)Cc2ccccc2)n1C1CC1)C(=O)c1ccccc1F. The van der Waals surface area contributed by atoms with Gasteiger partial charge in [0.1, 0.15) is 5.82 Å². The molecule has 166 valence electrons. The number of hydrogen-bond donors (Lipinski definition) is 0. The van der Waals surface area contributed by atoms with Gasteiger partial charge in [0.15, 0.2) is 0 Å². The molecule has 4 rings (SSSR count). The van der Waals surface area contributed by atoms with E-state index in [0.29, 0.717) is 11.3 Å². The third-order valence-corrected chi connectivity index (χ3v) is 6.89. The van der Waals surface area contributed by atoms with Gasteiger partial charge >= 0.3 is 0 Å². The van der Waals surface area contributed by atoms with E-state index >= 15 is 0 Å². The van der Waals surface area contributed by atoms with Crippen LogP contribution in [0.2, 0.25) is 0 Å². The summed E-state index contributed by atoms with van der Waals surface area (Å²) in [4.78, 5) is 18.7. The first-order valence-corrected chi connectivity index (χ1v) is 12.0. The van der Waals surface area contributed by atoms with Crippen LogP contribution in [0, 0.1) is 5.82 Å². The summed E-state index contributed by atoms with van der Waals surface area (Å²) in [7, 11) is -3.69. The van der Waals surface area contributed by atoms with Crippen molar-refractivity contribution in [3.8, 4) is 0 Å². The van der Waals surface area contributed by atoms with E-state index in [2.05, 4.69) is 11.6 Å². The van der Waals surface area contributed by atoms with Crippen molar-refractivity contribution in [3.05, 3.63) is 96.1 Å². The van der Waals surface area contributed by atoms with Crippen molar-refractivity contribution < 1.29 is 17.6 Å². The number of rotatable bonds is 9. The molecule has 32 heavy (non-hydrogen) atoms. The van der Waals surface area contributed by atoms with E-state index in [1.54, 1.807) is 41.0 Å². The van der Waals surface area contributed by atoms with Gasteiger partial charge in [-0.15, -0.1) is 6.58 Å². The molecule has 6 nitrogen and oxygen atoms in total. The van der Waals surface area contributed by atoms with Crippen molar-refractivity contribution in [2.24, 2.45) is 0 Å². The van der Waals surface area contributed by atoms with Crippen molar-refractivity contribution in [2.75, 3.05) is 6.54 Å². The number of carbonyl (C=O) groups is 1. The van der Waals surface area contributed by atoms with Crippen LogP contribution in [0.4, 0.5) is 4.39 Å². The van der Waals surface area contributed by atoms with Crippen LogP contribution >= 0.6 is 0 Å². The van der Waals surface area contributed by atoms with Crippen molar-refractivity contribution in [3.63, 3.8) is 0 Å². The average molecular weight is 454 g/mol. The van der Waals surface area contributed by atoms with E-state index in [0.717, 1.165) is 12.8 Å². The lowest BCUT2D eigenvalue weighted by Gasteiger charge is -2.22. The molecule has 1 heterocycles. The largest absolute Gasteiger partial charge is 0.329 e. The van der Waals surface area contributed by atoms with Crippen LogP contribution in [0.5, 0.6) is 0 Å². The lowest BCUT2D eigenvalue weighted by atomic mass is 10.2. The molecule has 1 aliphatic carbocycles. The van der Waals surface area contributed by atoms with E-state index in [1.807, 2.05) is 6.07 Å². The number of halogens is 1. The van der Waals surface area contributed by atoms with Crippen molar-refractivity contribution in [1.29, 1.82) is 0 Å². The van der Waals surface area contributed by atoms with E-state index in [1.165, 1.54) is 29.3 Å². The fourth-order valence-electron chi connectivity index (χ4n) is 3.68. The number of benzene rings is 2. The van der Waals surface area contributed by atoms with Gasteiger partial charge in [-0.2, -0.15) is 0 Å². The quantitative estimate of drug-likeness (QED) is 0.456. The first-order chi connectivity index (χ1) is 15.4. The Bertz CT molecular complexity index is 1230. The van der Waals surface area contributed by atoms with Crippen molar-refractivity contribution in [2.45, 2.75) is 36.3 Å². The molecule has 1 aromatic heterocycles. The third kappa shape index (κ3) is 4.65. The maximum absolute atomic E-state index is 14.2. The first kappa shape index (κ1) is 22.0. The Morgan fingerprint density at radius 3 is 2.50 bits per heavy atom. The zero-order valence-corrected chi connectivity index (χ0v) is 18.3. The highest BCUT2D eigenvalue weighted by Gasteiger charge is 2.34. The van der Waals surface area contributed by atoms with Crippen LogP contribution in [0.3, 0.4) is 0 Å². The average Bonchev–Trinajstić information content (AvgIpc) is 3.52.